The Morgan fingerprint density at radius 3 is 1.67 bits per heavy atom. The van der Waals surface area contributed by atoms with Crippen LogP contribution in [0, 0.1) is 0 Å². The van der Waals surface area contributed by atoms with E-state index in [1.54, 1.807) is 0 Å². The summed E-state index contributed by atoms with van der Waals surface area (Å²) in [5.74, 6) is -0.316. The van der Waals surface area contributed by atoms with Gasteiger partial charge >= 0.3 is 0 Å². The van der Waals surface area contributed by atoms with Gasteiger partial charge in [0, 0.05) is 6.42 Å². The fraction of sp³-hybridized carbons (Fsp3) is 0.944. The quantitative estimate of drug-likeness (QED) is 0.406. The Hall–Kier alpha value is -0.570. The van der Waals surface area contributed by atoms with Gasteiger partial charge in [-0.15, -0.1) is 0 Å². The zero-order valence-electron chi connectivity index (χ0n) is 14.1. The fourth-order valence-electron chi connectivity index (χ4n) is 2.67. The van der Waals surface area contributed by atoms with Crippen LogP contribution < -0.4 is 5.73 Å². The highest BCUT2D eigenvalue weighted by Gasteiger charge is 2.05. The average Bonchev–Trinajstić information content (AvgIpc) is 2.46. The van der Waals surface area contributed by atoms with Crippen molar-refractivity contribution in [3.63, 3.8) is 0 Å². The lowest BCUT2D eigenvalue weighted by molar-refractivity contribution is -0.118. The molecule has 0 fully saturated rings. The number of rotatable bonds is 16. The Kier molecular flexibility index (Phi) is 15.4. The molecule has 1 amide bonds. The predicted molar refractivity (Wildman–Crippen MR) is 90.1 cm³/mol. The number of carbonyl (C=O) groups excluding carboxylic acids is 1. The van der Waals surface area contributed by atoms with Crippen LogP contribution >= 0.6 is 0 Å². The lowest BCUT2D eigenvalue weighted by atomic mass is 10.0. The molecule has 0 heterocycles. The van der Waals surface area contributed by atoms with Gasteiger partial charge in [-0.05, 0) is 12.8 Å². The van der Waals surface area contributed by atoms with Gasteiger partial charge in [-0.3, -0.25) is 4.79 Å². The minimum Gasteiger partial charge on any atom is -0.393 e. The third kappa shape index (κ3) is 17.4. The number of primary amides is 1. The molecule has 0 spiro atoms. The number of aliphatic hydroxyl groups excluding tert-OH is 1. The molecule has 0 radical (unpaired) electrons. The van der Waals surface area contributed by atoms with Crippen LogP contribution in [0.3, 0.4) is 0 Å². The highest BCUT2D eigenvalue weighted by molar-refractivity contribution is 5.73. The van der Waals surface area contributed by atoms with Gasteiger partial charge in [-0.2, -0.15) is 0 Å². The molecular formula is C18H37NO2. The number of nitrogens with two attached hydrogens (primary N) is 1. The van der Waals surface area contributed by atoms with E-state index in [0.717, 1.165) is 12.8 Å². The zero-order valence-corrected chi connectivity index (χ0v) is 14.1. The fourth-order valence-corrected chi connectivity index (χ4v) is 2.67. The third-order valence-electron chi connectivity index (χ3n) is 4.11. The van der Waals surface area contributed by atoms with Crippen molar-refractivity contribution in [3.8, 4) is 0 Å². The van der Waals surface area contributed by atoms with Gasteiger partial charge in [0.15, 0.2) is 0 Å². The minimum atomic E-state index is -0.347. The van der Waals surface area contributed by atoms with Crippen LogP contribution in [-0.2, 0) is 4.79 Å². The molecule has 0 aliphatic rings. The van der Waals surface area contributed by atoms with E-state index < -0.39 is 0 Å². The monoisotopic (exact) mass is 299 g/mol. The van der Waals surface area contributed by atoms with Gasteiger partial charge in [-0.25, -0.2) is 0 Å². The normalized spacial score (nSPS) is 12.5. The number of hydrogen-bond acceptors (Lipinski definition) is 2. The molecule has 0 aromatic heterocycles. The summed E-state index contributed by atoms with van der Waals surface area (Å²) in [6, 6.07) is 0. The van der Waals surface area contributed by atoms with Crippen molar-refractivity contribution in [2.75, 3.05) is 0 Å². The van der Waals surface area contributed by atoms with Gasteiger partial charge < -0.3 is 10.8 Å². The molecule has 0 aliphatic heterocycles. The second-order valence-electron chi connectivity index (χ2n) is 6.34. The maximum absolute atomic E-state index is 10.6. The van der Waals surface area contributed by atoms with Gasteiger partial charge in [-0.1, -0.05) is 84.0 Å². The Morgan fingerprint density at radius 1 is 0.810 bits per heavy atom. The lowest BCUT2D eigenvalue weighted by Gasteiger charge is -2.08. The Bertz CT molecular complexity index is 231. The van der Waals surface area contributed by atoms with Crippen molar-refractivity contribution >= 4 is 5.91 Å². The van der Waals surface area contributed by atoms with Gasteiger partial charge in [0.05, 0.1) is 6.10 Å². The van der Waals surface area contributed by atoms with E-state index in [9.17, 15) is 9.90 Å². The zero-order chi connectivity index (χ0) is 15.8. The second kappa shape index (κ2) is 15.8. The number of carbonyl (C=O) groups is 1. The van der Waals surface area contributed by atoms with Crippen molar-refractivity contribution in [2.24, 2.45) is 5.73 Å². The van der Waals surface area contributed by atoms with Crippen molar-refractivity contribution in [3.05, 3.63) is 0 Å². The van der Waals surface area contributed by atoms with E-state index in [1.807, 2.05) is 0 Å². The first-order chi connectivity index (χ1) is 10.2. The molecule has 21 heavy (non-hydrogen) atoms. The molecule has 0 aliphatic carbocycles. The molecule has 3 heteroatoms. The van der Waals surface area contributed by atoms with Crippen LogP contribution in [-0.4, -0.2) is 17.1 Å². The molecule has 3 nitrogen and oxygen atoms in total. The summed E-state index contributed by atoms with van der Waals surface area (Å²) < 4.78 is 0. The summed E-state index contributed by atoms with van der Waals surface area (Å²) in [5, 5.41) is 9.65. The molecular weight excluding hydrogens is 262 g/mol. The topological polar surface area (TPSA) is 63.3 Å². The molecule has 0 saturated heterocycles. The molecule has 0 aromatic carbocycles. The first-order valence-electron chi connectivity index (χ1n) is 9.13. The van der Waals surface area contributed by atoms with Crippen molar-refractivity contribution in [2.45, 2.75) is 109 Å². The van der Waals surface area contributed by atoms with E-state index in [2.05, 4.69) is 6.92 Å². The molecule has 3 N–H and O–H groups in total. The molecule has 1 atom stereocenters. The van der Waals surface area contributed by atoms with Gasteiger partial charge in [0.2, 0.25) is 5.91 Å². The van der Waals surface area contributed by atoms with E-state index in [4.69, 9.17) is 5.73 Å². The van der Waals surface area contributed by atoms with E-state index in [0.29, 0.717) is 12.8 Å². The van der Waals surface area contributed by atoms with Crippen molar-refractivity contribution in [1.82, 2.24) is 0 Å². The summed E-state index contributed by atoms with van der Waals surface area (Å²) in [7, 11) is 0. The van der Waals surface area contributed by atoms with Crippen molar-refractivity contribution < 1.29 is 9.90 Å². The Balaban J connectivity index is 3.10. The first kappa shape index (κ1) is 20.4. The predicted octanol–water partition coefficient (Wildman–Crippen LogP) is 4.70. The second-order valence-corrected chi connectivity index (χ2v) is 6.34. The van der Waals surface area contributed by atoms with E-state index >= 15 is 0 Å². The van der Waals surface area contributed by atoms with Gasteiger partial charge in [0.1, 0.15) is 0 Å². The van der Waals surface area contributed by atoms with Crippen LogP contribution in [0.4, 0.5) is 0 Å². The summed E-state index contributed by atoms with van der Waals surface area (Å²) in [5.41, 5.74) is 5.06. The standard InChI is InChI=1S/C18H37NO2/c1-2-3-4-5-6-7-8-9-10-11-12-13-14-17(20)15-16-18(19)21/h17,20H,2-16H2,1H3,(H2,19,21). The molecule has 126 valence electrons. The molecule has 0 rings (SSSR count). The third-order valence-corrected chi connectivity index (χ3v) is 4.11. The summed E-state index contributed by atoms with van der Waals surface area (Å²) >= 11 is 0. The number of amides is 1. The number of unbranched alkanes of at least 4 members (excludes halogenated alkanes) is 11. The smallest absolute Gasteiger partial charge is 0.217 e. The lowest BCUT2D eigenvalue weighted by Crippen LogP contribution is -2.15. The van der Waals surface area contributed by atoms with E-state index in [1.165, 1.54) is 70.6 Å². The SMILES string of the molecule is CCCCCCCCCCCCCCC(O)CCC(N)=O. The summed E-state index contributed by atoms with van der Waals surface area (Å²) in [6.45, 7) is 2.26. The number of hydrogen-bond donors (Lipinski definition) is 2. The largest absolute Gasteiger partial charge is 0.393 e. The Labute approximate surface area is 131 Å². The summed E-state index contributed by atoms with van der Waals surface area (Å²) in [6.07, 6.45) is 17.3. The van der Waals surface area contributed by atoms with Crippen LogP contribution in [0.5, 0.6) is 0 Å². The van der Waals surface area contributed by atoms with Crippen LogP contribution in [0.1, 0.15) is 103 Å². The maximum Gasteiger partial charge on any atom is 0.217 e. The Morgan fingerprint density at radius 2 is 1.24 bits per heavy atom. The molecule has 0 bridgehead atoms. The van der Waals surface area contributed by atoms with Crippen molar-refractivity contribution in [1.29, 1.82) is 0 Å². The molecule has 0 aromatic rings. The van der Waals surface area contributed by atoms with Crippen LogP contribution in [0.2, 0.25) is 0 Å². The van der Waals surface area contributed by atoms with Crippen LogP contribution in [0.15, 0.2) is 0 Å². The number of aliphatic hydroxyl groups is 1. The molecule has 1 unspecified atom stereocenters. The van der Waals surface area contributed by atoms with E-state index in [-0.39, 0.29) is 12.0 Å². The summed E-state index contributed by atoms with van der Waals surface area (Å²) in [4.78, 5) is 10.6. The maximum atomic E-state index is 10.6. The highest BCUT2D eigenvalue weighted by Crippen LogP contribution is 2.13. The minimum absolute atomic E-state index is 0.305. The van der Waals surface area contributed by atoms with Gasteiger partial charge in [0.25, 0.3) is 0 Å². The average molecular weight is 299 g/mol. The highest BCUT2D eigenvalue weighted by atomic mass is 16.3. The first-order valence-corrected chi connectivity index (χ1v) is 9.13. The van der Waals surface area contributed by atoms with Crippen LogP contribution in [0.25, 0.3) is 0 Å². The molecule has 0 saturated carbocycles.